The van der Waals surface area contributed by atoms with Crippen LogP contribution in [-0.4, -0.2) is 25.0 Å². The van der Waals surface area contributed by atoms with Gasteiger partial charge in [0.15, 0.2) is 0 Å². The second-order valence-electron chi connectivity index (χ2n) is 3.62. The Kier molecular flexibility index (Phi) is 3.99. The Hall–Kier alpha value is -0.800. The van der Waals surface area contributed by atoms with Crippen molar-refractivity contribution >= 4 is 0 Å². The van der Waals surface area contributed by atoms with Crippen molar-refractivity contribution in [2.24, 2.45) is 11.7 Å². The van der Waals surface area contributed by atoms with Gasteiger partial charge < -0.3 is 10.2 Å². The minimum absolute atomic E-state index is 0.542. The molecule has 0 radical (unpaired) electrons. The molecule has 0 fully saturated rings. The van der Waals surface area contributed by atoms with Gasteiger partial charge in [-0.2, -0.15) is 0 Å². The van der Waals surface area contributed by atoms with Crippen LogP contribution in [0.25, 0.3) is 0 Å². The zero-order valence-electron chi connectivity index (χ0n) is 8.36. The molecule has 13 heavy (non-hydrogen) atoms. The summed E-state index contributed by atoms with van der Waals surface area (Å²) in [6.07, 6.45) is 1.70. The zero-order chi connectivity index (χ0) is 9.68. The lowest BCUT2D eigenvalue weighted by molar-refractivity contribution is 0.260. The number of nitrogens with zero attached hydrogens (tertiary/aromatic N) is 1. The summed E-state index contributed by atoms with van der Waals surface area (Å²) in [6, 6.07) is 3.90. The highest BCUT2D eigenvalue weighted by molar-refractivity contribution is 4.97. The van der Waals surface area contributed by atoms with Gasteiger partial charge >= 0.3 is 0 Å². The molecule has 1 atom stereocenters. The van der Waals surface area contributed by atoms with Gasteiger partial charge in [0.05, 0.1) is 12.8 Å². The van der Waals surface area contributed by atoms with Crippen LogP contribution in [0.1, 0.15) is 12.7 Å². The van der Waals surface area contributed by atoms with Gasteiger partial charge in [-0.25, -0.2) is 0 Å². The second-order valence-corrected chi connectivity index (χ2v) is 3.62. The first kappa shape index (κ1) is 10.3. The van der Waals surface area contributed by atoms with E-state index in [4.69, 9.17) is 10.2 Å². The van der Waals surface area contributed by atoms with Gasteiger partial charge in [-0.05, 0) is 31.6 Å². The van der Waals surface area contributed by atoms with Crippen molar-refractivity contribution in [1.82, 2.24) is 4.90 Å². The van der Waals surface area contributed by atoms with Crippen LogP contribution in [0.15, 0.2) is 22.8 Å². The lowest BCUT2D eigenvalue weighted by Gasteiger charge is -2.18. The monoisotopic (exact) mass is 182 g/mol. The van der Waals surface area contributed by atoms with Gasteiger partial charge in [0, 0.05) is 6.54 Å². The Bertz CT molecular complexity index is 221. The fraction of sp³-hybridized carbons (Fsp3) is 0.600. The maximum absolute atomic E-state index is 5.54. The quantitative estimate of drug-likeness (QED) is 0.746. The summed E-state index contributed by atoms with van der Waals surface area (Å²) in [5.74, 6) is 1.55. The van der Waals surface area contributed by atoms with E-state index in [1.807, 2.05) is 12.1 Å². The van der Waals surface area contributed by atoms with Crippen molar-refractivity contribution < 1.29 is 4.42 Å². The van der Waals surface area contributed by atoms with Crippen molar-refractivity contribution in [2.75, 3.05) is 20.1 Å². The fourth-order valence-electron chi connectivity index (χ4n) is 1.34. The molecule has 0 spiro atoms. The van der Waals surface area contributed by atoms with E-state index in [1.165, 1.54) is 0 Å². The predicted molar refractivity (Wildman–Crippen MR) is 53.3 cm³/mol. The molecular formula is C10H18N2O. The highest BCUT2D eigenvalue weighted by Gasteiger charge is 2.06. The molecule has 1 aromatic rings. The van der Waals surface area contributed by atoms with E-state index in [9.17, 15) is 0 Å². The fourth-order valence-corrected chi connectivity index (χ4v) is 1.34. The first-order valence-corrected chi connectivity index (χ1v) is 4.63. The number of rotatable bonds is 5. The van der Waals surface area contributed by atoms with E-state index in [0.717, 1.165) is 25.4 Å². The maximum atomic E-state index is 5.54. The molecular weight excluding hydrogens is 164 g/mol. The van der Waals surface area contributed by atoms with Crippen molar-refractivity contribution in [3.63, 3.8) is 0 Å². The summed E-state index contributed by atoms with van der Waals surface area (Å²) in [6.45, 7) is 4.76. The third-order valence-corrected chi connectivity index (χ3v) is 2.03. The first-order valence-electron chi connectivity index (χ1n) is 4.63. The van der Waals surface area contributed by atoms with Crippen LogP contribution in [-0.2, 0) is 6.54 Å². The van der Waals surface area contributed by atoms with Gasteiger partial charge in [-0.3, -0.25) is 4.90 Å². The molecule has 74 valence electrons. The number of furan rings is 1. The van der Waals surface area contributed by atoms with Crippen molar-refractivity contribution in [3.05, 3.63) is 24.2 Å². The summed E-state index contributed by atoms with van der Waals surface area (Å²) in [5.41, 5.74) is 5.54. The standard InChI is InChI=1S/C10H18N2O/c1-9(6-11)7-12(2)8-10-4-3-5-13-10/h3-5,9H,6-8,11H2,1-2H3. The van der Waals surface area contributed by atoms with Crippen molar-refractivity contribution in [1.29, 1.82) is 0 Å². The van der Waals surface area contributed by atoms with Crippen molar-refractivity contribution in [2.45, 2.75) is 13.5 Å². The topological polar surface area (TPSA) is 42.4 Å². The summed E-state index contributed by atoms with van der Waals surface area (Å²) >= 11 is 0. The van der Waals surface area contributed by atoms with E-state index in [-0.39, 0.29) is 0 Å². The molecule has 1 rings (SSSR count). The van der Waals surface area contributed by atoms with Gasteiger partial charge in [-0.1, -0.05) is 6.92 Å². The van der Waals surface area contributed by atoms with E-state index in [2.05, 4.69) is 18.9 Å². The Morgan fingerprint density at radius 3 is 2.92 bits per heavy atom. The Morgan fingerprint density at radius 2 is 2.38 bits per heavy atom. The second kappa shape index (κ2) is 5.04. The summed E-state index contributed by atoms with van der Waals surface area (Å²) in [4.78, 5) is 2.22. The average Bonchev–Trinajstić information content (AvgIpc) is 2.56. The molecule has 0 aliphatic carbocycles. The average molecular weight is 182 g/mol. The molecule has 3 nitrogen and oxygen atoms in total. The third kappa shape index (κ3) is 3.61. The van der Waals surface area contributed by atoms with E-state index < -0.39 is 0 Å². The Morgan fingerprint density at radius 1 is 1.62 bits per heavy atom. The molecule has 0 bridgehead atoms. The van der Waals surface area contributed by atoms with Crippen LogP contribution < -0.4 is 5.73 Å². The highest BCUT2D eigenvalue weighted by atomic mass is 16.3. The number of hydrogen-bond acceptors (Lipinski definition) is 3. The molecule has 2 N–H and O–H groups in total. The molecule has 1 heterocycles. The first-order chi connectivity index (χ1) is 6.22. The molecule has 1 unspecified atom stereocenters. The maximum Gasteiger partial charge on any atom is 0.117 e. The summed E-state index contributed by atoms with van der Waals surface area (Å²) in [5, 5.41) is 0. The van der Waals surface area contributed by atoms with Crippen LogP contribution in [0.5, 0.6) is 0 Å². The van der Waals surface area contributed by atoms with Crippen molar-refractivity contribution in [3.8, 4) is 0 Å². The van der Waals surface area contributed by atoms with Crippen LogP contribution in [0.3, 0.4) is 0 Å². The number of hydrogen-bond donors (Lipinski definition) is 1. The van der Waals surface area contributed by atoms with Crippen LogP contribution in [0.4, 0.5) is 0 Å². The summed E-state index contributed by atoms with van der Waals surface area (Å²) < 4.78 is 5.25. The Labute approximate surface area is 79.5 Å². The zero-order valence-corrected chi connectivity index (χ0v) is 8.36. The SMILES string of the molecule is CC(CN)CN(C)Cc1ccco1. The lowest BCUT2D eigenvalue weighted by atomic mass is 10.2. The molecule has 0 aliphatic rings. The minimum atomic E-state index is 0.542. The highest BCUT2D eigenvalue weighted by Crippen LogP contribution is 2.05. The number of nitrogens with two attached hydrogens (primary N) is 1. The van der Waals surface area contributed by atoms with E-state index in [1.54, 1.807) is 6.26 Å². The molecule has 0 aliphatic heterocycles. The molecule has 0 amide bonds. The molecule has 1 aromatic heterocycles. The van der Waals surface area contributed by atoms with Gasteiger partial charge in [0.2, 0.25) is 0 Å². The molecule has 0 saturated carbocycles. The van der Waals surface area contributed by atoms with Gasteiger partial charge in [0.1, 0.15) is 5.76 Å². The predicted octanol–water partition coefficient (Wildman–Crippen LogP) is 1.31. The van der Waals surface area contributed by atoms with Gasteiger partial charge in [-0.15, -0.1) is 0 Å². The third-order valence-electron chi connectivity index (χ3n) is 2.03. The molecule has 0 aromatic carbocycles. The summed E-state index contributed by atoms with van der Waals surface area (Å²) in [7, 11) is 2.08. The largest absolute Gasteiger partial charge is 0.468 e. The minimum Gasteiger partial charge on any atom is -0.468 e. The molecule has 0 saturated heterocycles. The van der Waals surface area contributed by atoms with Gasteiger partial charge in [0.25, 0.3) is 0 Å². The van der Waals surface area contributed by atoms with E-state index in [0.29, 0.717) is 5.92 Å². The smallest absolute Gasteiger partial charge is 0.117 e. The normalized spacial score (nSPS) is 13.5. The van der Waals surface area contributed by atoms with Crippen LogP contribution in [0.2, 0.25) is 0 Å². The van der Waals surface area contributed by atoms with Crippen LogP contribution in [0, 0.1) is 5.92 Å². The van der Waals surface area contributed by atoms with Crippen LogP contribution >= 0.6 is 0 Å². The molecule has 3 heteroatoms. The Balaban J connectivity index is 2.29. The lowest BCUT2D eigenvalue weighted by Crippen LogP contribution is -2.27. The van der Waals surface area contributed by atoms with E-state index >= 15 is 0 Å².